The summed E-state index contributed by atoms with van der Waals surface area (Å²) >= 11 is 0. The van der Waals surface area contributed by atoms with Crippen LogP contribution in [0.15, 0.2) is 36.9 Å². The van der Waals surface area contributed by atoms with E-state index >= 15 is 0 Å². The minimum Gasteiger partial charge on any atom is -0.490 e. The lowest BCUT2D eigenvalue weighted by Gasteiger charge is -2.11. The summed E-state index contributed by atoms with van der Waals surface area (Å²) in [6, 6.07) is 7.13. The summed E-state index contributed by atoms with van der Waals surface area (Å²) < 4.78 is 5.36. The molecule has 4 heteroatoms. The first-order valence-corrected chi connectivity index (χ1v) is 6.58. The van der Waals surface area contributed by atoms with E-state index in [1.807, 2.05) is 0 Å². The molecule has 1 fully saturated rings. The maximum absolute atomic E-state index is 11.9. The molecule has 1 amide bonds. The van der Waals surface area contributed by atoms with E-state index in [1.54, 1.807) is 30.3 Å². The Morgan fingerprint density at radius 2 is 2.16 bits per heavy atom. The van der Waals surface area contributed by atoms with Crippen LogP contribution < -0.4 is 15.8 Å². The maximum Gasteiger partial charge on any atom is 0.251 e. The molecule has 0 radical (unpaired) electrons. The molecule has 0 aromatic heterocycles. The molecule has 0 spiro atoms. The second-order valence-electron chi connectivity index (χ2n) is 4.84. The normalized spacial score (nSPS) is 15.6. The molecule has 3 N–H and O–H groups in total. The number of amides is 1. The Balaban J connectivity index is 1.82. The number of nitrogens with one attached hydrogen (secondary N) is 1. The zero-order chi connectivity index (χ0) is 13.7. The van der Waals surface area contributed by atoms with Crippen LogP contribution in [0.25, 0.3) is 0 Å². The summed E-state index contributed by atoms with van der Waals surface area (Å²) in [7, 11) is 0. The number of carbonyl (C=O) groups excluding carboxylic acids is 1. The summed E-state index contributed by atoms with van der Waals surface area (Å²) in [5.41, 5.74) is 6.56. The van der Waals surface area contributed by atoms with E-state index in [4.69, 9.17) is 10.5 Å². The molecule has 1 aliphatic rings. The number of hydrogen-bond donors (Lipinski definition) is 2. The Bertz CT molecular complexity index is 438. The number of ether oxygens (including phenoxy) is 1. The van der Waals surface area contributed by atoms with Crippen LogP contribution in [0.2, 0.25) is 0 Å². The molecular weight excluding hydrogens is 240 g/mol. The fraction of sp³-hybridized carbons (Fsp3) is 0.400. The van der Waals surface area contributed by atoms with Crippen LogP contribution in [0.4, 0.5) is 0 Å². The molecule has 1 unspecified atom stereocenters. The van der Waals surface area contributed by atoms with Gasteiger partial charge in [0.25, 0.3) is 5.91 Å². The van der Waals surface area contributed by atoms with E-state index in [9.17, 15) is 4.79 Å². The summed E-state index contributed by atoms with van der Waals surface area (Å²) in [5, 5.41) is 2.86. The van der Waals surface area contributed by atoms with Gasteiger partial charge in [-0.05, 0) is 43.0 Å². The third kappa shape index (κ3) is 4.10. The molecule has 1 aromatic carbocycles. The Labute approximate surface area is 113 Å². The third-order valence-corrected chi connectivity index (χ3v) is 3.21. The van der Waals surface area contributed by atoms with Gasteiger partial charge in [0.1, 0.15) is 12.4 Å². The van der Waals surface area contributed by atoms with E-state index in [-0.39, 0.29) is 11.9 Å². The van der Waals surface area contributed by atoms with Crippen molar-refractivity contribution in [3.05, 3.63) is 42.5 Å². The monoisotopic (exact) mass is 260 g/mol. The van der Waals surface area contributed by atoms with E-state index in [2.05, 4.69) is 11.9 Å². The maximum atomic E-state index is 11.9. The van der Waals surface area contributed by atoms with Crippen molar-refractivity contribution >= 4 is 5.91 Å². The van der Waals surface area contributed by atoms with Gasteiger partial charge in [0, 0.05) is 18.2 Å². The predicted octanol–water partition coefficient (Wildman–Crippen LogP) is 1.72. The number of hydrogen-bond acceptors (Lipinski definition) is 3. The number of nitrogens with two attached hydrogens (primary N) is 1. The van der Waals surface area contributed by atoms with Gasteiger partial charge in [0.2, 0.25) is 0 Å². The zero-order valence-corrected chi connectivity index (χ0v) is 11.0. The summed E-state index contributed by atoms with van der Waals surface area (Å²) in [5.74, 6) is 1.23. The molecule has 19 heavy (non-hydrogen) atoms. The van der Waals surface area contributed by atoms with Gasteiger partial charge in [-0.15, -0.1) is 0 Å². The van der Waals surface area contributed by atoms with Crippen LogP contribution in [-0.4, -0.2) is 25.1 Å². The Hall–Kier alpha value is -1.81. The number of carbonyl (C=O) groups is 1. The van der Waals surface area contributed by atoms with Gasteiger partial charge in [-0.2, -0.15) is 0 Å². The van der Waals surface area contributed by atoms with Crippen LogP contribution >= 0.6 is 0 Å². The molecule has 0 saturated heterocycles. The van der Waals surface area contributed by atoms with Crippen LogP contribution in [0, 0.1) is 5.92 Å². The van der Waals surface area contributed by atoms with Crippen molar-refractivity contribution in [3.63, 3.8) is 0 Å². The van der Waals surface area contributed by atoms with Crippen LogP contribution in [0.5, 0.6) is 5.75 Å². The smallest absolute Gasteiger partial charge is 0.251 e. The summed E-state index contributed by atoms with van der Waals surface area (Å²) in [6.45, 7) is 4.58. The first-order chi connectivity index (χ1) is 9.20. The molecule has 0 heterocycles. The lowest BCUT2D eigenvalue weighted by Crippen LogP contribution is -2.38. The van der Waals surface area contributed by atoms with E-state index in [0.29, 0.717) is 24.6 Å². The molecule has 1 aliphatic carbocycles. The molecule has 4 nitrogen and oxygen atoms in total. The van der Waals surface area contributed by atoms with Gasteiger partial charge >= 0.3 is 0 Å². The van der Waals surface area contributed by atoms with Crippen LogP contribution in [0.1, 0.15) is 23.2 Å². The SMILES string of the molecule is C=CCOc1ccc(C(=O)NCC(N)C2CC2)cc1. The largest absolute Gasteiger partial charge is 0.490 e. The van der Waals surface area contributed by atoms with Gasteiger partial charge in [-0.25, -0.2) is 0 Å². The van der Waals surface area contributed by atoms with Crippen LogP contribution in [-0.2, 0) is 0 Å². The van der Waals surface area contributed by atoms with E-state index < -0.39 is 0 Å². The highest BCUT2D eigenvalue weighted by atomic mass is 16.5. The van der Waals surface area contributed by atoms with E-state index in [1.165, 1.54) is 12.8 Å². The fourth-order valence-corrected chi connectivity index (χ4v) is 1.86. The molecule has 2 rings (SSSR count). The molecular formula is C15H20N2O2. The highest BCUT2D eigenvalue weighted by Gasteiger charge is 2.28. The molecule has 1 aromatic rings. The van der Waals surface area contributed by atoms with Crippen molar-refractivity contribution < 1.29 is 9.53 Å². The fourth-order valence-electron chi connectivity index (χ4n) is 1.86. The summed E-state index contributed by atoms with van der Waals surface area (Å²) in [4.78, 5) is 11.9. The minimum atomic E-state index is -0.0913. The lowest BCUT2D eigenvalue weighted by atomic mass is 10.1. The average Bonchev–Trinajstić information content (AvgIpc) is 3.27. The molecule has 0 aliphatic heterocycles. The van der Waals surface area contributed by atoms with Crippen molar-refractivity contribution in [2.45, 2.75) is 18.9 Å². The Morgan fingerprint density at radius 1 is 1.47 bits per heavy atom. The zero-order valence-electron chi connectivity index (χ0n) is 11.0. The van der Waals surface area contributed by atoms with Crippen molar-refractivity contribution in [2.24, 2.45) is 11.7 Å². The van der Waals surface area contributed by atoms with Crippen molar-refractivity contribution in [1.29, 1.82) is 0 Å². The third-order valence-electron chi connectivity index (χ3n) is 3.21. The van der Waals surface area contributed by atoms with Crippen molar-refractivity contribution in [1.82, 2.24) is 5.32 Å². The van der Waals surface area contributed by atoms with Crippen molar-refractivity contribution in [2.75, 3.05) is 13.2 Å². The quantitative estimate of drug-likeness (QED) is 0.734. The standard InChI is InChI=1S/C15H20N2O2/c1-2-9-19-13-7-5-12(6-8-13)15(18)17-10-14(16)11-3-4-11/h2,5-8,11,14H,1,3-4,9-10,16H2,(H,17,18). The predicted molar refractivity (Wildman–Crippen MR) is 75.2 cm³/mol. The highest BCUT2D eigenvalue weighted by molar-refractivity contribution is 5.94. The van der Waals surface area contributed by atoms with Gasteiger partial charge in [-0.1, -0.05) is 12.7 Å². The Kier molecular flexibility index (Phi) is 4.58. The molecule has 1 saturated carbocycles. The number of benzene rings is 1. The number of rotatable bonds is 7. The second-order valence-corrected chi connectivity index (χ2v) is 4.84. The topological polar surface area (TPSA) is 64.3 Å². The Morgan fingerprint density at radius 3 is 2.74 bits per heavy atom. The first kappa shape index (κ1) is 13.6. The van der Waals surface area contributed by atoms with Gasteiger partial charge in [0.15, 0.2) is 0 Å². The molecule has 102 valence electrons. The average molecular weight is 260 g/mol. The van der Waals surface area contributed by atoms with Crippen molar-refractivity contribution in [3.8, 4) is 5.75 Å². The lowest BCUT2D eigenvalue weighted by molar-refractivity contribution is 0.0950. The van der Waals surface area contributed by atoms with Gasteiger partial charge in [-0.3, -0.25) is 4.79 Å². The highest BCUT2D eigenvalue weighted by Crippen LogP contribution is 2.31. The molecule has 1 atom stereocenters. The van der Waals surface area contributed by atoms with Gasteiger partial charge < -0.3 is 15.8 Å². The van der Waals surface area contributed by atoms with Crippen LogP contribution in [0.3, 0.4) is 0 Å². The first-order valence-electron chi connectivity index (χ1n) is 6.58. The van der Waals surface area contributed by atoms with E-state index in [0.717, 1.165) is 5.75 Å². The second kappa shape index (κ2) is 6.38. The van der Waals surface area contributed by atoms with Gasteiger partial charge in [0.05, 0.1) is 0 Å². The molecule has 0 bridgehead atoms. The summed E-state index contributed by atoms with van der Waals surface area (Å²) in [6.07, 6.45) is 4.05. The minimum absolute atomic E-state index is 0.0825.